The number of halogens is 2. The van der Waals surface area contributed by atoms with Crippen molar-refractivity contribution in [2.75, 3.05) is 39.4 Å². The predicted octanol–water partition coefficient (Wildman–Crippen LogP) is 2.29. The lowest BCUT2D eigenvalue weighted by Gasteiger charge is -2.29. The average molecular weight is 359 g/mol. The second-order valence-electron chi connectivity index (χ2n) is 5.35. The first kappa shape index (κ1) is 16.4. The standard InChI is InChI=1S/C15H20BrFN2O2/c1-11(10-19-4-6-21-7-5-19)9-18-15(20)13-3-2-12(17)8-14(13)16/h2-3,8,11H,4-7,9-10H2,1H3,(H,18,20). The van der Waals surface area contributed by atoms with Gasteiger partial charge in [-0.05, 0) is 40.0 Å². The Morgan fingerprint density at radius 1 is 1.48 bits per heavy atom. The quantitative estimate of drug-likeness (QED) is 0.877. The molecule has 1 atom stereocenters. The molecule has 6 heteroatoms. The van der Waals surface area contributed by atoms with Gasteiger partial charge in [-0.1, -0.05) is 6.92 Å². The van der Waals surface area contributed by atoms with Crippen molar-refractivity contribution >= 4 is 21.8 Å². The molecule has 0 saturated carbocycles. The molecule has 0 radical (unpaired) electrons. The normalized spacial score (nSPS) is 17.5. The summed E-state index contributed by atoms with van der Waals surface area (Å²) >= 11 is 3.21. The van der Waals surface area contributed by atoms with Crippen molar-refractivity contribution in [2.24, 2.45) is 5.92 Å². The Bertz CT molecular complexity index is 493. The highest BCUT2D eigenvalue weighted by atomic mass is 79.9. The van der Waals surface area contributed by atoms with E-state index in [9.17, 15) is 9.18 Å². The molecule has 1 aromatic carbocycles. The summed E-state index contributed by atoms with van der Waals surface area (Å²) in [4.78, 5) is 14.4. The van der Waals surface area contributed by atoms with E-state index in [0.717, 1.165) is 32.8 Å². The third-order valence-electron chi connectivity index (χ3n) is 3.46. The van der Waals surface area contributed by atoms with Crippen LogP contribution in [0.1, 0.15) is 17.3 Å². The highest BCUT2D eigenvalue weighted by Gasteiger charge is 2.15. The lowest BCUT2D eigenvalue weighted by Crippen LogP contribution is -2.41. The second-order valence-corrected chi connectivity index (χ2v) is 6.21. The third-order valence-corrected chi connectivity index (χ3v) is 4.12. The van der Waals surface area contributed by atoms with E-state index in [1.165, 1.54) is 18.2 Å². The SMILES string of the molecule is CC(CNC(=O)c1ccc(F)cc1Br)CN1CCOCC1. The Morgan fingerprint density at radius 2 is 2.19 bits per heavy atom. The summed E-state index contributed by atoms with van der Waals surface area (Å²) in [7, 11) is 0. The van der Waals surface area contributed by atoms with Crippen LogP contribution in [0.25, 0.3) is 0 Å². The third kappa shape index (κ3) is 5.05. The molecule has 1 aromatic rings. The molecule has 2 rings (SSSR count). The Balaban J connectivity index is 1.80. The van der Waals surface area contributed by atoms with Gasteiger partial charge < -0.3 is 10.1 Å². The molecule has 1 saturated heterocycles. The van der Waals surface area contributed by atoms with E-state index in [2.05, 4.69) is 33.1 Å². The van der Waals surface area contributed by atoms with Crippen molar-refractivity contribution in [2.45, 2.75) is 6.92 Å². The Morgan fingerprint density at radius 3 is 2.86 bits per heavy atom. The molecule has 1 aliphatic heterocycles. The molecule has 0 spiro atoms. The number of hydrogen-bond donors (Lipinski definition) is 1. The molecule has 1 fully saturated rings. The van der Waals surface area contributed by atoms with Crippen molar-refractivity contribution in [3.8, 4) is 0 Å². The largest absolute Gasteiger partial charge is 0.379 e. The summed E-state index contributed by atoms with van der Waals surface area (Å²) < 4.78 is 18.8. The van der Waals surface area contributed by atoms with Gasteiger partial charge in [-0.25, -0.2) is 4.39 Å². The summed E-state index contributed by atoms with van der Waals surface area (Å²) in [6, 6.07) is 4.07. The van der Waals surface area contributed by atoms with Crippen LogP contribution in [0, 0.1) is 11.7 Å². The number of nitrogens with one attached hydrogen (secondary N) is 1. The van der Waals surface area contributed by atoms with E-state index >= 15 is 0 Å². The van der Waals surface area contributed by atoms with Crippen LogP contribution in [0.3, 0.4) is 0 Å². The molecular weight excluding hydrogens is 339 g/mol. The highest BCUT2D eigenvalue weighted by molar-refractivity contribution is 9.10. The van der Waals surface area contributed by atoms with Gasteiger partial charge in [0.05, 0.1) is 18.8 Å². The van der Waals surface area contributed by atoms with Gasteiger partial charge in [0.25, 0.3) is 5.91 Å². The van der Waals surface area contributed by atoms with Crippen LogP contribution in [0.4, 0.5) is 4.39 Å². The lowest BCUT2D eigenvalue weighted by molar-refractivity contribution is 0.0317. The summed E-state index contributed by atoms with van der Waals surface area (Å²) in [6.45, 7) is 7.09. The second kappa shape index (κ2) is 7.87. The molecule has 4 nitrogen and oxygen atoms in total. The van der Waals surface area contributed by atoms with Crippen LogP contribution in [-0.4, -0.2) is 50.2 Å². The van der Waals surface area contributed by atoms with Crippen LogP contribution in [0.2, 0.25) is 0 Å². The van der Waals surface area contributed by atoms with Crippen LogP contribution in [0.5, 0.6) is 0 Å². The number of carbonyl (C=O) groups is 1. The molecule has 1 unspecified atom stereocenters. The molecule has 1 aliphatic rings. The van der Waals surface area contributed by atoms with Gasteiger partial charge in [-0.15, -0.1) is 0 Å². The first-order valence-corrected chi connectivity index (χ1v) is 7.89. The minimum absolute atomic E-state index is 0.185. The maximum atomic E-state index is 13.0. The number of nitrogens with zero attached hydrogens (tertiary/aromatic N) is 1. The van der Waals surface area contributed by atoms with Crippen LogP contribution >= 0.6 is 15.9 Å². The van der Waals surface area contributed by atoms with E-state index < -0.39 is 0 Å². The average Bonchev–Trinajstić information content (AvgIpc) is 2.46. The van der Waals surface area contributed by atoms with Gasteiger partial charge in [0.2, 0.25) is 0 Å². The monoisotopic (exact) mass is 358 g/mol. The summed E-state index contributed by atoms with van der Waals surface area (Å²) in [6.07, 6.45) is 0. The number of benzene rings is 1. The summed E-state index contributed by atoms with van der Waals surface area (Å²) in [5, 5.41) is 2.90. The van der Waals surface area contributed by atoms with Gasteiger partial charge in [0, 0.05) is 30.7 Å². The molecule has 1 N–H and O–H groups in total. The number of morpholine rings is 1. The van der Waals surface area contributed by atoms with Crippen LogP contribution in [0.15, 0.2) is 22.7 Å². The summed E-state index contributed by atoms with van der Waals surface area (Å²) in [5.41, 5.74) is 0.454. The van der Waals surface area contributed by atoms with Gasteiger partial charge in [-0.2, -0.15) is 0 Å². The van der Waals surface area contributed by atoms with Crippen LogP contribution < -0.4 is 5.32 Å². The molecule has 0 bridgehead atoms. The van der Waals surface area contributed by atoms with E-state index in [1.54, 1.807) is 0 Å². The molecule has 0 aliphatic carbocycles. The number of amides is 1. The minimum atomic E-state index is -0.362. The van der Waals surface area contributed by atoms with Gasteiger partial charge in [0.15, 0.2) is 0 Å². The fourth-order valence-electron chi connectivity index (χ4n) is 2.32. The molecule has 1 heterocycles. The number of carbonyl (C=O) groups excluding carboxylic acids is 1. The van der Waals surface area contributed by atoms with E-state index in [4.69, 9.17) is 4.74 Å². The zero-order valence-electron chi connectivity index (χ0n) is 12.1. The van der Waals surface area contributed by atoms with Crippen molar-refractivity contribution in [1.82, 2.24) is 10.2 Å². The molecule has 0 aromatic heterocycles. The maximum absolute atomic E-state index is 13.0. The van der Waals surface area contributed by atoms with Crippen molar-refractivity contribution in [3.05, 3.63) is 34.1 Å². The Labute approximate surface area is 132 Å². The van der Waals surface area contributed by atoms with Gasteiger partial charge >= 0.3 is 0 Å². The zero-order valence-corrected chi connectivity index (χ0v) is 13.7. The van der Waals surface area contributed by atoms with Gasteiger partial charge in [0.1, 0.15) is 5.82 Å². The van der Waals surface area contributed by atoms with Crippen molar-refractivity contribution < 1.29 is 13.9 Å². The summed E-state index contributed by atoms with van der Waals surface area (Å²) in [5.74, 6) is -0.193. The number of hydrogen-bond acceptors (Lipinski definition) is 3. The van der Waals surface area contributed by atoms with Gasteiger partial charge in [-0.3, -0.25) is 9.69 Å². The van der Waals surface area contributed by atoms with Crippen molar-refractivity contribution in [3.63, 3.8) is 0 Å². The fraction of sp³-hybridized carbons (Fsp3) is 0.533. The topological polar surface area (TPSA) is 41.6 Å². The molecule has 1 amide bonds. The predicted molar refractivity (Wildman–Crippen MR) is 82.9 cm³/mol. The maximum Gasteiger partial charge on any atom is 0.252 e. The molecule has 116 valence electrons. The first-order valence-electron chi connectivity index (χ1n) is 7.09. The molecule has 21 heavy (non-hydrogen) atoms. The highest BCUT2D eigenvalue weighted by Crippen LogP contribution is 2.17. The minimum Gasteiger partial charge on any atom is -0.379 e. The Hall–Kier alpha value is -0.980. The Kier molecular flexibility index (Phi) is 6.14. The number of rotatable bonds is 5. The zero-order chi connectivity index (χ0) is 15.2. The smallest absolute Gasteiger partial charge is 0.252 e. The van der Waals surface area contributed by atoms with E-state index in [0.29, 0.717) is 22.5 Å². The fourth-order valence-corrected chi connectivity index (χ4v) is 2.86. The lowest BCUT2D eigenvalue weighted by atomic mass is 10.1. The van der Waals surface area contributed by atoms with Crippen molar-refractivity contribution in [1.29, 1.82) is 0 Å². The number of ether oxygens (including phenoxy) is 1. The van der Waals surface area contributed by atoms with E-state index in [1.807, 2.05) is 0 Å². The molecular formula is C15H20BrFN2O2. The van der Waals surface area contributed by atoms with Crippen LogP contribution in [-0.2, 0) is 4.74 Å². The van der Waals surface area contributed by atoms with E-state index in [-0.39, 0.29) is 11.7 Å². The first-order chi connectivity index (χ1) is 10.1.